The molecule has 1 rings (SSSR count). The first-order valence-corrected chi connectivity index (χ1v) is 3.42. The fraction of sp³-hybridized carbons (Fsp3) is 0.200. The molecule has 0 amide bonds. The first-order valence-electron chi connectivity index (χ1n) is 2.57. The first-order chi connectivity index (χ1) is 4.62. The maximum atomic E-state index is 13.0. The van der Waals surface area contributed by atoms with Gasteiger partial charge in [0.1, 0.15) is 0 Å². The summed E-state index contributed by atoms with van der Waals surface area (Å²) in [6.45, 7) is 0. The molecule has 0 fully saturated rings. The third-order valence-electron chi connectivity index (χ3n) is 0.917. The summed E-state index contributed by atoms with van der Waals surface area (Å²) in [4.78, 5) is 6.81. The van der Waals surface area contributed by atoms with E-state index in [9.17, 15) is 4.39 Å². The Morgan fingerprint density at radius 1 is 1.80 bits per heavy atom. The Hall–Kier alpha value is -0.671. The van der Waals surface area contributed by atoms with Crippen LogP contribution in [-0.4, -0.2) is 32.9 Å². The summed E-state index contributed by atoms with van der Waals surface area (Å²) in [5.74, 6) is -1.96. The van der Waals surface area contributed by atoms with Crippen LogP contribution in [0.1, 0.15) is 0 Å². The van der Waals surface area contributed by atoms with Gasteiger partial charge in [0.25, 0.3) is 0 Å². The van der Waals surface area contributed by atoms with Crippen LogP contribution in [0.3, 0.4) is 0 Å². The number of aliphatic imine (C=N–C) groups is 2. The van der Waals surface area contributed by atoms with Crippen LogP contribution in [0.4, 0.5) is 4.39 Å². The number of hydrogen-bond donors (Lipinski definition) is 1. The molecule has 1 heterocycles. The fourth-order valence-electron chi connectivity index (χ4n) is 0.577. The minimum atomic E-state index is -1.96. The Morgan fingerprint density at radius 3 is 2.90 bits per heavy atom. The number of alkyl halides is 1. The summed E-state index contributed by atoms with van der Waals surface area (Å²) in [7, 11) is 0. The number of allylic oxidation sites excluding steroid dienone is 1. The van der Waals surface area contributed by atoms with E-state index in [2.05, 4.69) is 26.0 Å². The Kier molecular flexibility index (Phi) is 1.87. The fourth-order valence-corrected chi connectivity index (χ4v) is 0.845. The van der Waals surface area contributed by atoms with Crippen LogP contribution in [0.5, 0.6) is 0 Å². The number of nitrogens with zero attached hydrogens (tertiary/aromatic N) is 2. The molecule has 0 bridgehead atoms. The van der Waals surface area contributed by atoms with Crippen molar-refractivity contribution in [1.29, 1.82) is 0 Å². The van der Waals surface area contributed by atoms with Gasteiger partial charge < -0.3 is 0 Å². The van der Waals surface area contributed by atoms with Crippen molar-refractivity contribution in [3.8, 4) is 0 Å². The molecular weight excluding hydrogens is 200 g/mol. The molecule has 0 saturated carbocycles. The van der Waals surface area contributed by atoms with Crippen molar-refractivity contribution in [2.45, 2.75) is 5.92 Å². The van der Waals surface area contributed by atoms with Gasteiger partial charge >= 0.3 is 65.1 Å². The van der Waals surface area contributed by atoms with Crippen molar-refractivity contribution in [1.82, 2.24) is 0 Å². The molecule has 0 aliphatic carbocycles. The predicted molar refractivity (Wildman–Crippen MR) is 38.8 cm³/mol. The van der Waals surface area contributed by atoms with E-state index in [-0.39, 0.29) is 4.73 Å². The van der Waals surface area contributed by atoms with Gasteiger partial charge in [-0.2, -0.15) is 0 Å². The molecule has 3 nitrogen and oxygen atoms in total. The molecule has 0 aromatic heterocycles. The van der Waals surface area contributed by atoms with Crippen LogP contribution < -0.4 is 5.73 Å². The van der Waals surface area contributed by atoms with Gasteiger partial charge in [-0.3, -0.25) is 0 Å². The maximum absolute atomic E-state index is 13.0. The quantitative estimate of drug-likeness (QED) is 0.272. The van der Waals surface area contributed by atoms with Crippen molar-refractivity contribution in [3.05, 3.63) is 12.2 Å². The van der Waals surface area contributed by atoms with Gasteiger partial charge in [0.2, 0.25) is 0 Å². The molecule has 1 atom stereocenters. The summed E-state index contributed by atoms with van der Waals surface area (Å²) in [5.41, 5.74) is 5.10. The van der Waals surface area contributed by atoms with Crippen LogP contribution >= 0.6 is 0 Å². The third kappa shape index (κ3) is 1.65. The molecule has 5 heteroatoms. The van der Waals surface area contributed by atoms with Crippen LogP contribution in [0.2, 0.25) is 0 Å². The van der Waals surface area contributed by atoms with E-state index in [1.165, 1.54) is 18.4 Å². The van der Waals surface area contributed by atoms with Crippen LogP contribution in [0.25, 0.3) is 0 Å². The average molecular weight is 205 g/mol. The SMILES string of the molecule is NC([Se])=NC1(F)C=CC=N1. The van der Waals surface area contributed by atoms with Crippen LogP contribution in [0.15, 0.2) is 22.1 Å². The van der Waals surface area contributed by atoms with E-state index in [0.717, 1.165) is 0 Å². The zero-order valence-corrected chi connectivity index (χ0v) is 6.70. The van der Waals surface area contributed by atoms with Gasteiger partial charge in [0.05, 0.1) is 0 Å². The zero-order valence-electron chi connectivity index (χ0n) is 4.99. The van der Waals surface area contributed by atoms with E-state index >= 15 is 0 Å². The molecule has 0 aromatic rings. The number of halogens is 1. The predicted octanol–water partition coefficient (Wildman–Crippen LogP) is -0.266. The van der Waals surface area contributed by atoms with E-state index < -0.39 is 5.92 Å². The Bertz CT molecular complexity index is 205. The van der Waals surface area contributed by atoms with Gasteiger partial charge in [-0.15, -0.1) is 0 Å². The number of rotatable bonds is 1. The van der Waals surface area contributed by atoms with Crippen molar-refractivity contribution in [3.63, 3.8) is 0 Å². The summed E-state index contributed by atoms with van der Waals surface area (Å²) < 4.78 is 13.1. The van der Waals surface area contributed by atoms with Gasteiger partial charge in [0.15, 0.2) is 0 Å². The molecular formula is C5H5FN3Se. The molecule has 1 aliphatic heterocycles. The monoisotopic (exact) mass is 206 g/mol. The Balaban J connectivity index is 2.81. The second-order valence-electron chi connectivity index (χ2n) is 1.72. The summed E-state index contributed by atoms with van der Waals surface area (Å²) in [5, 5.41) is 0. The average Bonchev–Trinajstić information content (AvgIpc) is 2.12. The van der Waals surface area contributed by atoms with Crippen LogP contribution in [-0.2, 0) is 0 Å². The van der Waals surface area contributed by atoms with E-state index in [0.29, 0.717) is 0 Å². The normalized spacial score (nSPS) is 31.5. The van der Waals surface area contributed by atoms with Gasteiger partial charge in [-0.25, -0.2) is 0 Å². The van der Waals surface area contributed by atoms with E-state index in [1.54, 1.807) is 0 Å². The van der Waals surface area contributed by atoms with Crippen molar-refractivity contribution in [2.24, 2.45) is 15.7 Å². The zero-order chi connectivity index (χ0) is 7.61. The summed E-state index contributed by atoms with van der Waals surface area (Å²) in [6, 6.07) is 0. The number of hydrogen-bond acceptors (Lipinski definition) is 2. The Morgan fingerprint density at radius 2 is 2.50 bits per heavy atom. The second kappa shape index (κ2) is 2.52. The minimum absolute atomic E-state index is 0.0613. The standard InChI is InChI=1S/C5H5FN3Se/c6-5(9-4(7)10)2-1-3-8-5/h1-3H,(H2,7,9). The topological polar surface area (TPSA) is 50.7 Å². The van der Waals surface area contributed by atoms with Gasteiger partial charge in [-0.05, 0) is 0 Å². The Labute approximate surface area is 65.7 Å². The molecule has 2 N–H and O–H groups in total. The molecule has 10 heavy (non-hydrogen) atoms. The third-order valence-corrected chi connectivity index (χ3v) is 1.11. The van der Waals surface area contributed by atoms with Crippen molar-refractivity contribution >= 4 is 27.0 Å². The molecule has 0 aromatic carbocycles. The first kappa shape index (κ1) is 7.44. The molecule has 1 radical (unpaired) electrons. The second-order valence-corrected chi connectivity index (χ2v) is 2.60. The molecule has 0 saturated heterocycles. The van der Waals surface area contributed by atoms with E-state index in [1.807, 2.05) is 0 Å². The van der Waals surface area contributed by atoms with Crippen molar-refractivity contribution < 1.29 is 4.39 Å². The summed E-state index contributed by atoms with van der Waals surface area (Å²) >= 11 is 2.37. The molecule has 0 spiro atoms. The molecule has 53 valence electrons. The summed E-state index contributed by atoms with van der Waals surface area (Å²) in [6.07, 6.45) is 4.04. The number of nitrogens with two attached hydrogens (primary N) is 1. The molecule has 1 unspecified atom stereocenters. The van der Waals surface area contributed by atoms with Gasteiger partial charge in [0, 0.05) is 0 Å². The van der Waals surface area contributed by atoms with Crippen LogP contribution in [0, 0.1) is 0 Å². The molecule has 1 aliphatic rings. The van der Waals surface area contributed by atoms with Gasteiger partial charge in [-0.1, -0.05) is 0 Å². The van der Waals surface area contributed by atoms with Crippen molar-refractivity contribution in [2.75, 3.05) is 0 Å². The number of amidine groups is 1. The van der Waals surface area contributed by atoms with E-state index in [4.69, 9.17) is 5.73 Å².